The predicted octanol–water partition coefficient (Wildman–Crippen LogP) is 2.79. The van der Waals surface area contributed by atoms with E-state index in [-0.39, 0.29) is 11.7 Å². The van der Waals surface area contributed by atoms with E-state index in [0.717, 1.165) is 12.0 Å². The summed E-state index contributed by atoms with van der Waals surface area (Å²) in [5.74, 6) is 1.87. The second kappa shape index (κ2) is 8.75. The third-order valence-corrected chi connectivity index (χ3v) is 3.75. The molecule has 0 bridgehead atoms. The maximum atomic E-state index is 11.1. The fraction of sp³-hybridized carbons (Fsp3) is 0.500. The van der Waals surface area contributed by atoms with Crippen LogP contribution in [0, 0.1) is 0 Å². The molecule has 0 unspecified atom stereocenters. The number of hydrogen-bond acceptors (Lipinski definition) is 5. The van der Waals surface area contributed by atoms with E-state index in [4.69, 9.17) is 21.1 Å². The Balaban J connectivity index is 2.11. The maximum Gasteiger partial charge on any atom is 0.340 e. The minimum absolute atomic E-state index is 0.133. The first-order valence-electron chi connectivity index (χ1n) is 8.01. The lowest BCUT2D eigenvalue weighted by atomic mass is 10.1. The van der Waals surface area contributed by atoms with E-state index < -0.39 is 0 Å². The highest BCUT2D eigenvalue weighted by Crippen LogP contribution is 2.34. The minimum Gasteiger partial charge on any atom is -0.490 e. The Labute approximate surface area is 145 Å². The molecule has 2 rings (SSSR count). The quantitative estimate of drug-likeness (QED) is 0.644. The first-order chi connectivity index (χ1) is 11.5. The van der Waals surface area contributed by atoms with Crippen molar-refractivity contribution in [3.8, 4) is 11.5 Å². The number of H-pyrrole nitrogens is 2. The standard InChI is InChI=1S/C16H23ClN4O3/c1-4-6-24-14-8-12(17)11(7-13(14)23-5-2)9-18-10(3)15-19-16(22)21-20-15/h7-8,10,18H,4-6,9H2,1-3H3,(H2,19,20,21,22)/t10-/m0/s1. The van der Waals surface area contributed by atoms with Crippen LogP contribution < -0.4 is 20.5 Å². The summed E-state index contributed by atoms with van der Waals surface area (Å²) < 4.78 is 11.3. The fourth-order valence-corrected chi connectivity index (χ4v) is 2.37. The van der Waals surface area contributed by atoms with Crippen molar-refractivity contribution in [2.24, 2.45) is 0 Å². The molecule has 0 fully saturated rings. The SMILES string of the molecule is CCCOc1cc(Cl)c(CN[C@@H](C)c2n[nH]c(=O)[nH]2)cc1OCC. The Hall–Kier alpha value is -1.99. The van der Waals surface area contributed by atoms with Gasteiger partial charge in [-0.05, 0) is 31.9 Å². The number of nitrogens with one attached hydrogen (secondary N) is 3. The molecule has 1 aromatic heterocycles. The van der Waals surface area contributed by atoms with E-state index in [1.54, 1.807) is 6.07 Å². The molecule has 0 aliphatic carbocycles. The van der Waals surface area contributed by atoms with Gasteiger partial charge in [-0.3, -0.25) is 4.98 Å². The van der Waals surface area contributed by atoms with Crippen LogP contribution in [0.5, 0.6) is 11.5 Å². The van der Waals surface area contributed by atoms with Gasteiger partial charge in [0.1, 0.15) is 5.82 Å². The third-order valence-electron chi connectivity index (χ3n) is 3.40. The van der Waals surface area contributed by atoms with Gasteiger partial charge in [-0.1, -0.05) is 18.5 Å². The predicted molar refractivity (Wildman–Crippen MR) is 92.9 cm³/mol. The molecule has 0 spiro atoms. The topological polar surface area (TPSA) is 92.0 Å². The highest BCUT2D eigenvalue weighted by Gasteiger charge is 2.14. The van der Waals surface area contributed by atoms with Gasteiger partial charge in [0.25, 0.3) is 0 Å². The number of hydrogen-bond donors (Lipinski definition) is 3. The Morgan fingerprint density at radius 1 is 1.29 bits per heavy atom. The lowest BCUT2D eigenvalue weighted by Crippen LogP contribution is -2.20. The van der Waals surface area contributed by atoms with Crippen molar-refractivity contribution < 1.29 is 9.47 Å². The monoisotopic (exact) mass is 354 g/mol. The second-order valence-electron chi connectivity index (χ2n) is 5.34. The Morgan fingerprint density at radius 3 is 2.67 bits per heavy atom. The van der Waals surface area contributed by atoms with Gasteiger partial charge in [0.05, 0.1) is 19.3 Å². The normalized spacial score (nSPS) is 12.2. The van der Waals surface area contributed by atoms with Crippen LogP contribution in [0.15, 0.2) is 16.9 Å². The van der Waals surface area contributed by atoms with Crippen LogP contribution in [0.2, 0.25) is 5.02 Å². The summed E-state index contributed by atoms with van der Waals surface area (Å²) in [7, 11) is 0. The lowest BCUT2D eigenvalue weighted by Gasteiger charge is -2.16. The lowest BCUT2D eigenvalue weighted by molar-refractivity contribution is 0.276. The summed E-state index contributed by atoms with van der Waals surface area (Å²) in [6.07, 6.45) is 0.909. The average molecular weight is 355 g/mol. The first-order valence-corrected chi connectivity index (χ1v) is 8.38. The molecule has 8 heteroatoms. The Morgan fingerprint density at radius 2 is 2.04 bits per heavy atom. The molecule has 0 radical (unpaired) electrons. The zero-order valence-corrected chi connectivity index (χ0v) is 14.9. The second-order valence-corrected chi connectivity index (χ2v) is 5.74. The molecule has 0 aliphatic rings. The molecule has 0 aliphatic heterocycles. The summed E-state index contributed by atoms with van der Waals surface area (Å²) >= 11 is 6.36. The number of aromatic nitrogens is 3. The average Bonchev–Trinajstić information content (AvgIpc) is 3.00. The molecule has 1 aromatic carbocycles. The molecule has 0 amide bonds. The molecule has 7 nitrogen and oxygen atoms in total. The number of benzene rings is 1. The van der Waals surface area contributed by atoms with Crippen molar-refractivity contribution in [1.82, 2.24) is 20.5 Å². The molecule has 132 valence electrons. The van der Waals surface area contributed by atoms with Gasteiger partial charge in [0.2, 0.25) is 0 Å². The van der Waals surface area contributed by atoms with Crippen LogP contribution in [-0.2, 0) is 6.54 Å². The molecule has 1 heterocycles. The third kappa shape index (κ3) is 4.75. The van der Waals surface area contributed by atoms with Crippen LogP contribution in [0.4, 0.5) is 0 Å². The molecule has 1 atom stereocenters. The number of aromatic amines is 2. The van der Waals surface area contributed by atoms with Crippen LogP contribution in [0.3, 0.4) is 0 Å². The Bertz CT molecular complexity index is 714. The van der Waals surface area contributed by atoms with Crippen molar-refractivity contribution >= 4 is 11.6 Å². The van der Waals surface area contributed by atoms with Crippen molar-refractivity contribution in [2.75, 3.05) is 13.2 Å². The van der Waals surface area contributed by atoms with E-state index in [2.05, 4.69) is 20.5 Å². The number of halogens is 1. The molecule has 0 saturated carbocycles. The van der Waals surface area contributed by atoms with Crippen molar-refractivity contribution in [3.05, 3.63) is 39.0 Å². The number of ether oxygens (including phenoxy) is 2. The maximum absolute atomic E-state index is 11.1. The molecule has 3 N–H and O–H groups in total. The van der Waals surface area contributed by atoms with E-state index in [9.17, 15) is 4.79 Å². The number of nitrogens with zero attached hydrogens (tertiary/aromatic N) is 1. The largest absolute Gasteiger partial charge is 0.490 e. The van der Waals surface area contributed by atoms with Gasteiger partial charge < -0.3 is 14.8 Å². The smallest absolute Gasteiger partial charge is 0.340 e. The fourth-order valence-electron chi connectivity index (χ4n) is 2.15. The highest BCUT2D eigenvalue weighted by atomic mass is 35.5. The summed E-state index contributed by atoms with van der Waals surface area (Å²) in [5.41, 5.74) is 0.557. The van der Waals surface area contributed by atoms with E-state index in [0.29, 0.717) is 42.1 Å². The van der Waals surface area contributed by atoms with Crippen molar-refractivity contribution in [2.45, 2.75) is 39.8 Å². The van der Waals surface area contributed by atoms with Crippen LogP contribution in [0.25, 0.3) is 0 Å². The van der Waals surface area contributed by atoms with E-state index >= 15 is 0 Å². The van der Waals surface area contributed by atoms with Gasteiger partial charge in [0.15, 0.2) is 11.5 Å². The van der Waals surface area contributed by atoms with E-state index in [1.165, 1.54) is 0 Å². The molecule has 0 saturated heterocycles. The minimum atomic E-state index is -0.326. The van der Waals surface area contributed by atoms with E-state index in [1.807, 2.05) is 26.8 Å². The molecule has 2 aromatic rings. The van der Waals surface area contributed by atoms with Crippen LogP contribution >= 0.6 is 11.6 Å². The molecular weight excluding hydrogens is 332 g/mol. The van der Waals surface area contributed by atoms with Gasteiger partial charge in [-0.2, -0.15) is 5.10 Å². The summed E-state index contributed by atoms with van der Waals surface area (Å²) in [4.78, 5) is 13.7. The van der Waals surface area contributed by atoms with Crippen molar-refractivity contribution in [1.29, 1.82) is 0 Å². The van der Waals surface area contributed by atoms with Gasteiger partial charge in [-0.15, -0.1) is 0 Å². The molecule has 24 heavy (non-hydrogen) atoms. The zero-order chi connectivity index (χ0) is 17.5. The zero-order valence-electron chi connectivity index (χ0n) is 14.1. The highest BCUT2D eigenvalue weighted by molar-refractivity contribution is 6.31. The van der Waals surface area contributed by atoms with Crippen LogP contribution in [0.1, 0.15) is 44.6 Å². The summed E-state index contributed by atoms with van der Waals surface area (Å²) in [5, 5.41) is 10.1. The Kier molecular flexibility index (Phi) is 6.69. The number of rotatable bonds is 9. The molecular formula is C16H23ClN4O3. The van der Waals surface area contributed by atoms with Crippen LogP contribution in [-0.4, -0.2) is 28.4 Å². The summed E-state index contributed by atoms with van der Waals surface area (Å²) in [6, 6.07) is 3.52. The summed E-state index contributed by atoms with van der Waals surface area (Å²) in [6.45, 7) is 7.53. The van der Waals surface area contributed by atoms with Crippen molar-refractivity contribution in [3.63, 3.8) is 0 Å². The van der Waals surface area contributed by atoms with Gasteiger partial charge in [-0.25, -0.2) is 9.89 Å². The van der Waals surface area contributed by atoms with Gasteiger partial charge in [0, 0.05) is 17.6 Å². The first kappa shape index (κ1) is 18.4. The van der Waals surface area contributed by atoms with Gasteiger partial charge >= 0.3 is 5.69 Å².